The van der Waals surface area contributed by atoms with Gasteiger partial charge >= 0.3 is 0 Å². The van der Waals surface area contributed by atoms with E-state index in [2.05, 4.69) is 10.4 Å². The topological polar surface area (TPSA) is 79.7 Å². The molecule has 1 aliphatic rings. The second-order valence-corrected chi connectivity index (χ2v) is 9.16. The monoisotopic (exact) mass is 475 g/mol. The molecule has 184 valence electrons. The van der Waals surface area contributed by atoms with E-state index in [9.17, 15) is 9.59 Å². The Labute approximate surface area is 206 Å². The molecule has 2 amide bonds. The van der Waals surface area contributed by atoms with Crippen LogP contribution in [0.15, 0.2) is 66.9 Å². The van der Waals surface area contributed by atoms with Crippen LogP contribution in [0.3, 0.4) is 0 Å². The van der Waals surface area contributed by atoms with Gasteiger partial charge < -0.3 is 15.0 Å². The molecule has 2 aromatic carbocycles. The Morgan fingerprint density at radius 2 is 1.89 bits per heavy atom. The smallest absolute Gasteiger partial charge is 0.251 e. The zero-order valence-electron chi connectivity index (χ0n) is 20.6. The fourth-order valence-corrected chi connectivity index (χ4v) is 4.52. The zero-order valence-corrected chi connectivity index (χ0v) is 20.6. The number of likely N-dealkylation sites (N-methyl/N-ethyl adjacent to an activating group) is 1. The average molecular weight is 476 g/mol. The van der Waals surface area contributed by atoms with E-state index in [1.165, 1.54) is 0 Å². The van der Waals surface area contributed by atoms with Crippen molar-refractivity contribution in [1.82, 2.24) is 20.0 Å². The first-order chi connectivity index (χ1) is 16.9. The molecule has 0 saturated carbocycles. The van der Waals surface area contributed by atoms with Crippen molar-refractivity contribution in [2.24, 2.45) is 7.05 Å². The average Bonchev–Trinajstić information content (AvgIpc) is 3.23. The van der Waals surface area contributed by atoms with Crippen molar-refractivity contribution in [2.75, 3.05) is 38.8 Å². The first-order valence-electron chi connectivity index (χ1n) is 11.9. The number of carbonyl (C=O) groups excluding carboxylic acids is 2. The van der Waals surface area contributed by atoms with Crippen LogP contribution in [0.1, 0.15) is 18.4 Å². The number of hydrogen-bond acceptors (Lipinski definition) is 5. The highest BCUT2D eigenvalue weighted by Gasteiger charge is 2.47. The molecule has 35 heavy (non-hydrogen) atoms. The molecule has 1 N–H and O–H groups in total. The highest BCUT2D eigenvalue weighted by Crippen LogP contribution is 2.35. The lowest BCUT2D eigenvalue weighted by Gasteiger charge is -2.44. The van der Waals surface area contributed by atoms with E-state index < -0.39 is 5.54 Å². The summed E-state index contributed by atoms with van der Waals surface area (Å²) in [5, 5.41) is 8.33. The number of ether oxygens (including phenoxy) is 1. The predicted octanol–water partition coefficient (Wildman–Crippen LogP) is 2.89. The van der Waals surface area contributed by atoms with Gasteiger partial charge in [0.1, 0.15) is 5.54 Å². The summed E-state index contributed by atoms with van der Waals surface area (Å²) in [6, 6.07) is 15.5. The number of fused-ring (bicyclic) bond motifs is 1. The zero-order chi connectivity index (χ0) is 24.8. The Balaban J connectivity index is 1.73. The third-order valence-corrected chi connectivity index (χ3v) is 6.41. The molecule has 1 aromatic heterocycles. The molecule has 4 rings (SSSR count). The van der Waals surface area contributed by atoms with E-state index >= 15 is 0 Å². The maximum absolute atomic E-state index is 13.9. The van der Waals surface area contributed by atoms with Crippen molar-refractivity contribution in [1.29, 1.82) is 0 Å². The van der Waals surface area contributed by atoms with Gasteiger partial charge in [0.05, 0.1) is 11.7 Å². The lowest BCUT2D eigenvalue weighted by Crippen LogP contribution is -2.63. The molecule has 2 heterocycles. The number of benzene rings is 2. The van der Waals surface area contributed by atoms with E-state index in [0.717, 1.165) is 16.5 Å². The largest absolute Gasteiger partial charge is 0.381 e. The molecule has 0 aliphatic carbocycles. The van der Waals surface area contributed by atoms with Crippen LogP contribution >= 0.6 is 0 Å². The molecule has 8 heteroatoms. The number of hydrogen-bond donors (Lipinski definition) is 1. The van der Waals surface area contributed by atoms with Crippen molar-refractivity contribution in [3.8, 4) is 0 Å². The fourth-order valence-electron chi connectivity index (χ4n) is 4.52. The lowest BCUT2D eigenvalue weighted by molar-refractivity contribution is -0.133. The molecule has 0 atom stereocenters. The second kappa shape index (κ2) is 10.8. The molecule has 8 nitrogen and oxygen atoms in total. The van der Waals surface area contributed by atoms with Gasteiger partial charge in [0, 0.05) is 63.3 Å². The molecular weight excluding hydrogens is 442 g/mol. The molecule has 0 unspecified atom stereocenters. The number of aromatic nitrogens is 2. The van der Waals surface area contributed by atoms with Crippen LogP contribution in [0, 0.1) is 0 Å². The van der Waals surface area contributed by atoms with Gasteiger partial charge in [-0.1, -0.05) is 36.4 Å². The van der Waals surface area contributed by atoms with Crippen LogP contribution in [0.4, 0.5) is 5.69 Å². The highest BCUT2D eigenvalue weighted by atomic mass is 16.5. The Kier molecular flexibility index (Phi) is 7.63. The number of nitrogens with zero attached hydrogens (tertiary/aromatic N) is 4. The third-order valence-electron chi connectivity index (χ3n) is 6.41. The lowest BCUT2D eigenvalue weighted by atomic mass is 9.85. The standard InChI is InChI=1S/C27H33N5O3/c1-30(2)15-7-10-25(33)32(23-11-12-24-22(18-23)20-29-31(24)3)27(13-16-35-17-14-27)26(34)28-19-21-8-5-4-6-9-21/h4-12,18,20H,13-17,19H2,1-3H3,(H,28,34)/b10-7+. The summed E-state index contributed by atoms with van der Waals surface area (Å²) in [6.07, 6.45) is 5.98. The summed E-state index contributed by atoms with van der Waals surface area (Å²) >= 11 is 0. The van der Waals surface area contributed by atoms with Gasteiger partial charge in [0.15, 0.2) is 0 Å². The Hall–Kier alpha value is -3.49. The Morgan fingerprint density at radius 1 is 1.14 bits per heavy atom. The quantitative estimate of drug-likeness (QED) is 0.507. The highest BCUT2D eigenvalue weighted by molar-refractivity contribution is 6.09. The number of anilines is 1. The molecule has 0 bridgehead atoms. The number of rotatable bonds is 8. The third kappa shape index (κ3) is 5.44. The molecule has 0 radical (unpaired) electrons. The van der Waals surface area contributed by atoms with Crippen LogP contribution in [-0.4, -0.2) is 65.9 Å². The van der Waals surface area contributed by atoms with E-state index in [1.807, 2.05) is 80.6 Å². The molecule has 1 saturated heterocycles. The number of aryl methyl sites for hydroxylation is 1. The molecule has 1 aliphatic heterocycles. The molecule has 0 spiro atoms. The van der Waals surface area contributed by atoms with E-state index in [4.69, 9.17) is 4.74 Å². The first-order valence-corrected chi connectivity index (χ1v) is 11.9. The predicted molar refractivity (Wildman–Crippen MR) is 137 cm³/mol. The van der Waals surface area contributed by atoms with Gasteiger partial charge in [-0.15, -0.1) is 0 Å². The summed E-state index contributed by atoms with van der Waals surface area (Å²) in [5.41, 5.74) is 1.56. The van der Waals surface area contributed by atoms with Gasteiger partial charge in [0.2, 0.25) is 5.91 Å². The summed E-state index contributed by atoms with van der Waals surface area (Å²) < 4.78 is 7.42. The van der Waals surface area contributed by atoms with Crippen LogP contribution in [0.2, 0.25) is 0 Å². The minimum absolute atomic E-state index is 0.176. The summed E-state index contributed by atoms with van der Waals surface area (Å²) in [7, 11) is 5.77. The van der Waals surface area contributed by atoms with E-state index in [1.54, 1.807) is 21.9 Å². The number of nitrogens with one attached hydrogen (secondary N) is 1. The number of amides is 2. The van der Waals surface area contributed by atoms with Gasteiger partial charge in [-0.2, -0.15) is 5.10 Å². The molecule has 3 aromatic rings. The van der Waals surface area contributed by atoms with Crippen molar-refractivity contribution >= 4 is 28.4 Å². The van der Waals surface area contributed by atoms with Gasteiger partial charge in [-0.25, -0.2) is 0 Å². The minimum Gasteiger partial charge on any atom is -0.381 e. The summed E-state index contributed by atoms with van der Waals surface area (Å²) in [4.78, 5) is 31.2. The second-order valence-electron chi connectivity index (χ2n) is 9.16. The maximum Gasteiger partial charge on any atom is 0.251 e. The van der Waals surface area contributed by atoms with E-state index in [0.29, 0.717) is 44.8 Å². The van der Waals surface area contributed by atoms with Crippen molar-refractivity contribution < 1.29 is 14.3 Å². The normalized spacial score (nSPS) is 15.5. The van der Waals surface area contributed by atoms with Crippen LogP contribution in [0.5, 0.6) is 0 Å². The fraction of sp³-hybridized carbons (Fsp3) is 0.370. The van der Waals surface area contributed by atoms with Crippen molar-refractivity contribution in [3.05, 3.63) is 72.4 Å². The van der Waals surface area contributed by atoms with Gasteiger partial charge in [0.25, 0.3) is 5.91 Å². The van der Waals surface area contributed by atoms with Crippen LogP contribution in [0.25, 0.3) is 10.9 Å². The van der Waals surface area contributed by atoms with Gasteiger partial charge in [-0.05, 0) is 37.9 Å². The summed E-state index contributed by atoms with van der Waals surface area (Å²) in [6.45, 7) is 1.82. The van der Waals surface area contributed by atoms with Gasteiger partial charge in [-0.3, -0.25) is 19.2 Å². The number of carbonyl (C=O) groups is 2. The van der Waals surface area contributed by atoms with Crippen LogP contribution < -0.4 is 10.2 Å². The molecular formula is C27H33N5O3. The Bertz CT molecular complexity index is 1200. The van der Waals surface area contributed by atoms with Crippen molar-refractivity contribution in [2.45, 2.75) is 24.9 Å². The summed E-state index contributed by atoms with van der Waals surface area (Å²) in [5.74, 6) is -0.405. The van der Waals surface area contributed by atoms with E-state index in [-0.39, 0.29) is 11.8 Å². The maximum atomic E-state index is 13.9. The van der Waals surface area contributed by atoms with Crippen LogP contribution in [-0.2, 0) is 27.9 Å². The van der Waals surface area contributed by atoms with Crippen molar-refractivity contribution in [3.63, 3.8) is 0 Å². The Morgan fingerprint density at radius 3 is 2.60 bits per heavy atom. The molecule has 1 fully saturated rings. The SMILES string of the molecule is CN(C)C/C=C/C(=O)N(c1ccc2c(cnn2C)c1)C1(C(=O)NCc2ccccc2)CCOCC1. The minimum atomic E-state index is -1.07. The first kappa shape index (κ1) is 24.6.